The number of anilines is 1. The zero-order valence-corrected chi connectivity index (χ0v) is 15.2. The molecule has 0 radical (unpaired) electrons. The Kier molecular flexibility index (Phi) is 4.27. The van der Waals surface area contributed by atoms with E-state index >= 15 is 0 Å². The molecule has 0 aliphatic carbocycles. The number of rotatable bonds is 5. The molecule has 0 saturated heterocycles. The van der Waals surface area contributed by atoms with Gasteiger partial charge in [-0.3, -0.25) is 9.59 Å². The molecular weight excluding hydrogens is 344 g/mol. The second-order valence-corrected chi connectivity index (χ2v) is 6.59. The predicted octanol–water partition coefficient (Wildman–Crippen LogP) is 2.51. The Morgan fingerprint density at radius 3 is 3.00 bits per heavy atom. The van der Waals surface area contributed by atoms with Gasteiger partial charge in [0.25, 0.3) is 5.91 Å². The molecule has 7 nitrogen and oxygen atoms in total. The number of fused-ring (bicyclic) bond motifs is 2. The van der Waals surface area contributed by atoms with Gasteiger partial charge in [-0.1, -0.05) is 6.07 Å². The van der Waals surface area contributed by atoms with Gasteiger partial charge in [-0.05, 0) is 48.7 Å². The minimum Gasteiger partial charge on any atom is -0.497 e. The summed E-state index contributed by atoms with van der Waals surface area (Å²) >= 11 is 0. The van der Waals surface area contributed by atoms with Gasteiger partial charge in [-0.2, -0.15) is 0 Å². The van der Waals surface area contributed by atoms with E-state index < -0.39 is 0 Å². The zero-order chi connectivity index (χ0) is 19.0. The van der Waals surface area contributed by atoms with Crippen molar-refractivity contribution in [3.05, 3.63) is 59.5 Å². The third-order valence-corrected chi connectivity index (χ3v) is 4.84. The van der Waals surface area contributed by atoms with Crippen LogP contribution in [-0.2, 0) is 4.79 Å². The van der Waals surface area contributed by atoms with Crippen LogP contribution in [0.3, 0.4) is 0 Å². The molecule has 4 rings (SSSR count). The van der Waals surface area contributed by atoms with Crippen LogP contribution in [0.15, 0.2) is 42.7 Å². The standard InChI is InChI=1S/C20H20N4O3/c1-12-4-3-9-24-11-17(22-18(12)24)20(26)21-8-7-14-15-10-13(27-2)5-6-16(15)23-19(14)25/h3-6,9-11,14H,7-8H2,1-2H3,(H,21,26)(H,23,25)/t14-/m0/s1. The van der Waals surface area contributed by atoms with E-state index in [1.807, 2.05) is 47.9 Å². The van der Waals surface area contributed by atoms with Gasteiger partial charge in [-0.25, -0.2) is 4.98 Å². The van der Waals surface area contributed by atoms with Crippen LogP contribution < -0.4 is 15.4 Å². The van der Waals surface area contributed by atoms with Crippen LogP contribution >= 0.6 is 0 Å². The lowest BCUT2D eigenvalue weighted by Crippen LogP contribution is -2.27. The molecule has 0 spiro atoms. The maximum atomic E-state index is 12.4. The van der Waals surface area contributed by atoms with Crippen molar-refractivity contribution >= 4 is 23.1 Å². The molecular formula is C20H20N4O3. The van der Waals surface area contributed by atoms with Gasteiger partial charge in [0, 0.05) is 24.6 Å². The van der Waals surface area contributed by atoms with E-state index in [-0.39, 0.29) is 17.7 Å². The topological polar surface area (TPSA) is 84.7 Å². The van der Waals surface area contributed by atoms with Crippen LogP contribution in [0.25, 0.3) is 5.65 Å². The second kappa shape index (κ2) is 6.75. The Balaban J connectivity index is 1.43. The van der Waals surface area contributed by atoms with Gasteiger partial charge in [0.2, 0.25) is 5.91 Å². The van der Waals surface area contributed by atoms with Crippen molar-refractivity contribution in [1.29, 1.82) is 0 Å². The molecule has 138 valence electrons. The molecule has 1 aliphatic rings. The van der Waals surface area contributed by atoms with E-state index in [9.17, 15) is 9.59 Å². The molecule has 2 N–H and O–H groups in total. The molecule has 2 amide bonds. The fraction of sp³-hybridized carbons (Fsp3) is 0.250. The van der Waals surface area contributed by atoms with E-state index in [2.05, 4.69) is 15.6 Å². The number of nitrogens with one attached hydrogen (secondary N) is 2. The minimum atomic E-state index is -0.307. The molecule has 1 aromatic carbocycles. The number of nitrogens with zero attached hydrogens (tertiary/aromatic N) is 2. The number of methoxy groups -OCH3 is 1. The van der Waals surface area contributed by atoms with Gasteiger partial charge in [0.15, 0.2) is 0 Å². The number of carbonyl (C=O) groups is 2. The van der Waals surface area contributed by atoms with E-state index in [1.165, 1.54) is 0 Å². The summed E-state index contributed by atoms with van der Waals surface area (Å²) in [5, 5.41) is 5.73. The molecule has 3 aromatic rings. The Labute approximate surface area is 156 Å². The first-order valence-corrected chi connectivity index (χ1v) is 8.78. The molecule has 2 aromatic heterocycles. The van der Waals surface area contributed by atoms with Crippen molar-refractivity contribution in [3.8, 4) is 5.75 Å². The molecule has 0 saturated carbocycles. The third kappa shape index (κ3) is 3.12. The monoisotopic (exact) mass is 364 g/mol. The maximum Gasteiger partial charge on any atom is 0.271 e. The van der Waals surface area contributed by atoms with Crippen molar-refractivity contribution in [2.45, 2.75) is 19.3 Å². The average Bonchev–Trinajstić information content (AvgIpc) is 3.23. The van der Waals surface area contributed by atoms with Crippen molar-refractivity contribution in [2.24, 2.45) is 0 Å². The molecule has 27 heavy (non-hydrogen) atoms. The second-order valence-electron chi connectivity index (χ2n) is 6.59. The van der Waals surface area contributed by atoms with E-state index in [4.69, 9.17) is 4.74 Å². The fourth-order valence-electron chi connectivity index (χ4n) is 3.40. The van der Waals surface area contributed by atoms with Gasteiger partial charge in [0.1, 0.15) is 17.1 Å². The van der Waals surface area contributed by atoms with Crippen LogP contribution in [-0.4, -0.2) is 34.9 Å². The van der Waals surface area contributed by atoms with Crippen molar-refractivity contribution in [2.75, 3.05) is 19.0 Å². The van der Waals surface area contributed by atoms with Crippen LogP contribution in [0.5, 0.6) is 5.75 Å². The number of benzene rings is 1. The highest BCUT2D eigenvalue weighted by atomic mass is 16.5. The molecule has 7 heteroatoms. The highest BCUT2D eigenvalue weighted by molar-refractivity contribution is 6.03. The number of hydrogen-bond donors (Lipinski definition) is 2. The molecule has 1 aliphatic heterocycles. The van der Waals surface area contributed by atoms with Crippen LogP contribution in [0, 0.1) is 6.92 Å². The zero-order valence-electron chi connectivity index (χ0n) is 15.2. The summed E-state index contributed by atoms with van der Waals surface area (Å²) in [6, 6.07) is 9.38. The summed E-state index contributed by atoms with van der Waals surface area (Å²) in [7, 11) is 1.59. The first-order chi connectivity index (χ1) is 13.1. The lowest BCUT2D eigenvalue weighted by molar-refractivity contribution is -0.117. The molecule has 0 fully saturated rings. The summed E-state index contributed by atoms with van der Waals surface area (Å²) in [4.78, 5) is 29.1. The van der Waals surface area contributed by atoms with Crippen LogP contribution in [0.1, 0.15) is 34.0 Å². The normalized spacial score (nSPS) is 15.5. The molecule has 0 bridgehead atoms. The number of hydrogen-bond acceptors (Lipinski definition) is 4. The number of aryl methyl sites for hydroxylation is 1. The van der Waals surface area contributed by atoms with Gasteiger partial charge < -0.3 is 19.8 Å². The number of imidazole rings is 1. The molecule has 0 unspecified atom stereocenters. The highest BCUT2D eigenvalue weighted by Crippen LogP contribution is 2.36. The largest absolute Gasteiger partial charge is 0.497 e. The lowest BCUT2D eigenvalue weighted by Gasteiger charge is -2.10. The number of aromatic nitrogens is 2. The lowest BCUT2D eigenvalue weighted by atomic mass is 9.97. The Bertz CT molecular complexity index is 1040. The number of pyridine rings is 1. The SMILES string of the molecule is COc1ccc2c(c1)[C@H](CCNC(=O)c1cn3cccc(C)c3n1)C(=O)N2. The highest BCUT2D eigenvalue weighted by Gasteiger charge is 2.30. The summed E-state index contributed by atoms with van der Waals surface area (Å²) in [5.41, 5.74) is 3.83. The predicted molar refractivity (Wildman–Crippen MR) is 101 cm³/mol. The summed E-state index contributed by atoms with van der Waals surface area (Å²) in [6.45, 7) is 2.33. The van der Waals surface area contributed by atoms with E-state index in [0.717, 1.165) is 22.5 Å². The number of carbonyl (C=O) groups excluding carboxylic acids is 2. The Morgan fingerprint density at radius 1 is 1.37 bits per heavy atom. The first kappa shape index (κ1) is 17.1. The molecule has 3 heterocycles. The van der Waals surface area contributed by atoms with Gasteiger partial charge >= 0.3 is 0 Å². The van der Waals surface area contributed by atoms with Crippen molar-refractivity contribution in [3.63, 3.8) is 0 Å². The first-order valence-electron chi connectivity index (χ1n) is 8.78. The van der Waals surface area contributed by atoms with E-state index in [0.29, 0.717) is 24.4 Å². The number of amides is 2. The van der Waals surface area contributed by atoms with Crippen molar-refractivity contribution < 1.29 is 14.3 Å². The Hall–Kier alpha value is -3.35. The quantitative estimate of drug-likeness (QED) is 0.728. The van der Waals surface area contributed by atoms with Crippen molar-refractivity contribution in [1.82, 2.24) is 14.7 Å². The summed E-state index contributed by atoms with van der Waals surface area (Å²) in [5.74, 6) is 0.0938. The average molecular weight is 364 g/mol. The van der Waals surface area contributed by atoms with Gasteiger partial charge in [0.05, 0.1) is 13.0 Å². The Morgan fingerprint density at radius 2 is 2.22 bits per heavy atom. The van der Waals surface area contributed by atoms with Crippen LogP contribution in [0.2, 0.25) is 0 Å². The number of ether oxygens (including phenoxy) is 1. The van der Waals surface area contributed by atoms with Crippen LogP contribution in [0.4, 0.5) is 5.69 Å². The maximum absolute atomic E-state index is 12.4. The molecule has 1 atom stereocenters. The summed E-state index contributed by atoms with van der Waals surface area (Å²) < 4.78 is 7.07. The fourth-order valence-corrected chi connectivity index (χ4v) is 3.40. The smallest absolute Gasteiger partial charge is 0.271 e. The summed E-state index contributed by atoms with van der Waals surface area (Å²) in [6.07, 6.45) is 4.07. The third-order valence-electron chi connectivity index (χ3n) is 4.84. The van der Waals surface area contributed by atoms with E-state index in [1.54, 1.807) is 13.3 Å². The minimum absolute atomic E-state index is 0.0594. The van der Waals surface area contributed by atoms with Gasteiger partial charge in [-0.15, -0.1) is 0 Å².